The summed E-state index contributed by atoms with van der Waals surface area (Å²) in [7, 11) is 0. The summed E-state index contributed by atoms with van der Waals surface area (Å²) in [5.74, 6) is -0.909. The molecule has 1 heterocycles. The molecule has 104 valence electrons. The number of amides is 1. The highest BCUT2D eigenvalue weighted by Crippen LogP contribution is 2.19. The highest BCUT2D eigenvalue weighted by Gasteiger charge is 2.12. The fourth-order valence-electron chi connectivity index (χ4n) is 2.18. The lowest BCUT2D eigenvalue weighted by Crippen LogP contribution is -2.14. The van der Waals surface area contributed by atoms with Crippen LogP contribution in [-0.4, -0.2) is 10.9 Å². The number of nitrogens with zero attached hydrogens (tertiary/aromatic N) is 1. The molecule has 2 aromatic carbocycles. The van der Waals surface area contributed by atoms with Crippen molar-refractivity contribution < 1.29 is 9.18 Å². The fourth-order valence-corrected chi connectivity index (χ4v) is 2.18. The minimum atomic E-state index is -0.504. The number of halogens is 1. The molecule has 3 rings (SSSR count). The average molecular weight is 281 g/mol. The number of anilines is 2. The van der Waals surface area contributed by atoms with Crippen molar-refractivity contribution in [1.82, 2.24) is 4.98 Å². The molecule has 3 N–H and O–H groups in total. The number of pyridine rings is 1. The van der Waals surface area contributed by atoms with E-state index in [9.17, 15) is 9.18 Å². The number of nitrogens with two attached hydrogens (primary N) is 1. The van der Waals surface area contributed by atoms with Gasteiger partial charge in [-0.25, -0.2) is 4.39 Å². The Morgan fingerprint density at radius 1 is 1.14 bits per heavy atom. The Morgan fingerprint density at radius 3 is 2.76 bits per heavy atom. The van der Waals surface area contributed by atoms with Crippen LogP contribution < -0.4 is 11.1 Å². The summed E-state index contributed by atoms with van der Waals surface area (Å²) < 4.78 is 13.3. The van der Waals surface area contributed by atoms with Crippen molar-refractivity contribution in [2.75, 3.05) is 11.1 Å². The zero-order valence-electron chi connectivity index (χ0n) is 11.0. The van der Waals surface area contributed by atoms with Gasteiger partial charge in [-0.3, -0.25) is 9.78 Å². The van der Waals surface area contributed by atoms with Crippen LogP contribution in [0.15, 0.2) is 54.7 Å². The summed E-state index contributed by atoms with van der Waals surface area (Å²) in [6, 6.07) is 13.1. The second-order valence-electron chi connectivity index (χ2n) is 4.61. The van der Waals surface area contributed by atoms with Gasteiger partial charge in [0.1, 0.15) is 11.5 Å². The van der Waals surface area contributed by atoms with Crippen molar-refractivity contribution in [3.63, 3.8) is 0 Å². The first kappa shape index (κ1) is 13.1. The van der Waals surface area contributed by atoms with Crippen molar-refractivity contribution in [1.29, 1.82) is 0 Å². The second-order valence-corrected chi connectivity index (χ2v) is 4.61. The molecule has 1 amide bonds. The van der Waals surface area contributed by atoms with Gasteiger partial charge in [-0.2, -0.15) is 0 Å². The van der Waals surface area contributed by atoms with Crippen LogP contribution in [0.4, 0.5) is 15.8 Å². The largest absolute Gasteiger partial charge is 0.399 e. The Morgan fingerprint density at radius 2 is 1.95 bits per heavy atom. The number of nitrogens with one attached hydrogen (secondary N) is 1. The van der Waals surface area contributed by atoms with E-state index in [1.54, 1.807) is 6.20 Å². The molecule has 0 aliphatic rings. The molecule has 0 aliphatic heterocycles. The Kier molecular flexibility index (Phi) is 3.23. The van der Waals surface area contributed by atoms with Gasteiger partial charge in [0.25, 0.3) is 5.91 Å². The van der Waals surface area contributed by atoms with Crippen LogP contribution in [0.25, 0.3) is 10.8 Å². The third-order valence-electron chi connectivity index (χ3n) is 3.07. The minimum Gasteiger partial charge on any atom is -0.399 e. The van der Waals surface area contributed by atoms with E-state index in [4.69, 9.17) is 5.73 Å². The molecule has 1 aromatic heterocycles. The normalized spacial score (nSPS) is 10.5. The lowest BCUT2D eigenvalue weighted by atomic mass is 10.1. The van der Waals surface area contributed by atoms with E-state index in [1.807, 2.05) is 30.3 Å². The van der Waals surface area contributed by atoms with Crippen molar-refractivity contribution in [3.8, 4) is 0 Å². The number of nitrogen functional groups attached to an aromatic ring is 1. The minimum absolute atomic E-state index is 0.246. The number of aromatic nitrogens is 1. The summed E-state index contributed by atoms with van der Waals surface area (Å²) in [6.07, 6.45) is 1.57. The van der Waals surface area contributed by atoms with Crippen LogP contribution >= 0.6 is 0 Å². The summed E-state index contributed by atoms with van der Waals surface area (Å²) >= 11 is 0. The van der Waals surface area contributed by atoms with Crippen LogP contribution in [0.2, 0.25) is 0 Å². The number of fused-ring (bicyclic) bond motifs is 1. The monoisotopic (exact) mass is 281 g/mol. The first-order valence-corrected chi connectivity index (χ1v) is 6.34. The van der Waals surface area contributed by atoms with Crippen LogP contribution in [-0.2, 0) is 0 Å². The van der Waals surface area contributed by atoms with Crippen molar-refractivity contribution >= 4 is 28.1 Å². The van der Waals surface area contributed by atoms with Crippen LogP contribution in [0, 0.1) is 5.82 Å². The summed E-state index contributed by atoms with van der Waals surface area (Å²) in [4.78, 5) is 16.4. The molecule has 0 bridgehead atoms. The maximum Gasteiger partial charge on any atom is 0.274 e. The first-order valence-electron chi connectivity index (χ1n) is 6.34. The Hall–Kier alpha value is -2.95. The zero-order valence-corrected chi connectivity index (χ0v) is 11.0. The number of hydrogen-bond acceptors (Lipinski definition) is 3. The molecule has 0 saturated heterocycles. The van der Waals surface area contributed by atoms with Crippen molar-refractivity contribution in [2.24, 2.45) is 0 Å². The number of rotatable bonds is 2. The molecule has 0 fully saturated rings. The van der Waals surface area contributed by atoms with Gasteiger partial charge in [0.2, 0.25) is 0 Å². The molecule has 0 aliphatic carbocycles. The standard InChI is InChI=1S/C16H12FN3O/c17-11-7-12(18)9-13(8-11)20-16(21)15-14-4-2-1-3-10(14)5-6-19-15/h1-9H,18H2,(H,20,21). The molecular weight excluding hydrogens is 269 g/mol. The fraction of sp³-hybridized carbons (Fsp3) is 0. The van der Waals surface area contributed by atoms with Gasteiger partial charge in [-0.1, -0.05) is 24.3 Å². The molecule has 4 nitrogen and oxygen atoms in total. The predicted octanol–water partition coefficient (Wildman–Crippen LogP) is 3.21. The van der Waals surface area contributed by atoms with Gasteiger partial charge < -0.3 is 11.1 Å². The van der Waals surface area contributed by atoms with Gasteiger partial charge in [0.15, 0.2) is 0 Å². The van der Waals surface area contributed by atoms with Gasteiger partial charge in [0, 0.05) is 23.0 Å². The SMILES string of the molecule is Nc1cc(F)cc(NC(=O)c2nccc3ccccc23)c1. The number of benzene rings is 2. The molecule has 21 heavy (non-hydrogen) atoms. The molecule has 0 atom stereocenters. The number of carbonyl (C=O) groups excluding carboxylic acids is 1. The van der Waals surface area contributed by atoms with E-state index < -0.39 is 11.7 Å². The average Bonchev–Trinajstić information content (AvgIpc) is 2.45. The lowest BCUT2D eigenvalue weighted by molar-refractivity contribution is 0.102. The van der Waals surface area contributed by atoms with E-state index in [2.05, 4.69) is 10.3 Å². The summed E-state index contributed by atoms with van der Waals surface area (Å²) in [5.41, 5.74) is 6.39. The highest BCUT2D eigenvalue weighted by molar-refractivity contribution is 6.11. The summed E-state index contributed by atoms with van der Waals surface area (Å²) in [5, 5.41) is 4.26. The van der Waals surface area contributed by atoms with Gasteiger partial charge in [-0.05, 0) is 29.7 Å². The lowest BCUT2D eigenvalue weighted by Gasteiger charge is -2.08. The number of hydrogen-bond donors (Lipinski definition) is 2. The molecule has 0 spiro atoms. The van der Waals surface area contributed by atoms with Crippen LogP contribution in [0.3, 0.4) is 0 Å². The first-order chi connectivity index (χ1) is 10.1. The van der Waals surface area contributed by atoms with Crippen molar-refractivity contribution in [2.45, 2.75) is 0 Å². The maximum atomic E-state index is 13.3. The smallest absolute Gasteiger partial charge is 0.274 e. The van der Waals surface area contributed by atoms with E-state index in [-0.39, 0.29) is 11.4 Å². The molecule has 0 radical (unpaired) electrons. The van der Waals surface area contributed by atoms with E-state index >= 15 is 0 Å². The number of carbonyl (C=O) groups is 1. The third-order valence-corrected chi connectivity index (χ3v) is 3.07. The molecule has 0 unspecified atom stereocenters. The Balaban J connectivity index is 1.97. The molecule has 5 heteroatoms. The maximum absolute atomic E-state index is 13.3. The molecule has 3 aromatic rings. The molecule has 0 saturated carbocycles. The second kappa shape index (κ2) is 5.20. The van der Waals surface area contributed by atoms with Crippen molar-refractivity contribution in [3.05, 3.63) is 66.2 Å². The highest BCUT2D eigenvalue weighted by atomic mass is 19.1. The zero-order chi connectivity index (χ0) is 14.8. The van der Waals surface area contributed by atoms with Gasteiger partial charge >= 0.3 is 0 Å². The predicted molar refractivity (Wildman–Crippen MR) is 80.5 cm³/mol. The Bertz CT molecular complexity index is 807. The van der Waals surface area contributed by atoms with E-state index in [0.717, 1.165) is 10.8 Å². The van der Waals surface area contributed by atoms with Crippen LogP contribution in [0.1, 0.15) is 10.5 Å². The van der Waals surface area contributed by atoms with Gasteiger partial charge in [-0.15, -0.1) is 0 Å². The van der Waals surface area contributed by atoms with E-state index in [1.165, 1.54) is 18.2 Å². The Labute approximate surface area is 120 Å². The third kappa shape index (κ3) is 2.67. The molecular formula is C16H12FN3O. The quantitative estimate of drug-likeness (QED) is 0.709. The topological polar surface area (TPSA) is 68.0 Å². The van der Waals surface area contributed by atoms with E-state index in [0.29, 0.717) is 5.69 Å². The van der Waals surface area contributed by atoms with Crippen LogP contribution in [0.5, 0.6) is 0 Å². The summed E-state index contributed by atoms with van der Waals surface area (Å²) in [6.45, 7) is 0. The van der Waals surface area contributed by atoms with Gasteiger partial charge in [0.05, 0.1) is 0 Å².